The van der Waals surface area contributed by atoms with Crippen molar-refractivity contribution in [2.45, 2.75) is 128 Å². The predicted molar refractivity (Wildman–Crippen MR) is 175 cm³/mol. The topological polar surface area (TPSA) is 105 Å². The Balaban J connectivity index is 2.52. The molecule has 2 rings (SSSR count). The fourth-order valence-electron chi connectivity index (χ4n) is 4.35. The van der Waals surface area contributed by atoms with Gasteiger partial charge in [0.15, 0.2) is 16.6 Å². The highest BCUT2D eigenvalue weighted by Gasteiger charge is 2.46. The monoisotopic (exact) mass is 640 g/mol. The molecule has 1 aromatic carbocycles. The molecular weight excluding hydrogens is 585 g/mol. The Hall–Kier alpha value is -1.45. The van der Waals surface area contributed by atoms with E-state index in [4.69, 9.17) is 13.6 Å². The molecule has 0 saturated carbocycles. The molecule has 1 heterocycles. The van der Waals surface area contributed by atoms with Crippen LogP contribution in [0.15, 0.2) is 35.5 Å². The number of ether oxygens (including phenoxy) is 1. The maximum atomic E-state index is 13.7. The van der Waals surface area contributed by atoms with Gasteiger partial charge in [-0.1, -0.05) is 78.7 Å². The summed E-state index contributed by atoms with van der Waals surface area (Å²) in [5.41, 5.74) is 0.591. The molecule has 240 valence electrons. The van der Waals surface area contributed by atoms with Crippen LogP contribution in [0.2, 0.25) is 36.3 Å². The van der Waals surface area contributed by atoms with Crippen molar-refractivity contribution in [1.29, 1.82) is 0 Å². The Morgan fingerprint density at radius 1 is 0.857 bits per heavy atom. The summed E-state index contributed by atoms with van der Waals surface area (Å²) in [5, 5.41) is 11.4. The number of tetrazole rings is 1. The van der Waals surface area contributed by atoms with Crippen molar-refractivity contribution in [2.75, 3.05) is 12.9 Å². The molecular formula is C30H56N4O5SSi2. The fraction of sp³-hybridized carbons (Fsp3) is 0.767. The summed E-state index contributed by atoms with van der Waals surface area (Å²) in [6.45, 7) is 28.6. The Bertz CT molecular complexity index is 1240. The van der Waals surface area contributed by atoms with E-state index in [0.29, 0.717) is 12.1 Å². The van der Waals surface area contributed by atoms with E-state index in [1.54, 1.807) is 19.2 Å². The summed E-state index contributed by atoms with van der Waals surface area (Å²) >= 11 is 0. The molecule has 0 aliphatic heterocycles. The lowest BCUT2D eigenvalue weighted by atomic mass is 9.86. The van der Waals surface area contributed by atoms with E-state index >= 15 is 0 Å². The van der Waals surface area contributed by atoms with Crippen LogP contribution >= 0.6 is 0 Å². The second-order valence-corrected chi connectivity index (χ2v) is 26.3. The lowest BCUT2D eigenvalue weighted by Crippen LogP contribution is -2.53. The van der Waals surface area contributed by atoms with Crippen LogP contribution in [-0.2, 0) is 23.4 Å². The second kappa shape index (κ2) is 13.7. The SMILES string of the molecule is CO[C@@H](C)[C@@H](C)[C@H](O[Si](C)(C)C(C)(C)C)[C@H](C)[C@H](CCS(=O)(=O)c1nnnn1-c1ccccc1)O[Si](C)(C)C(C)(C)C. The van der Waals surface area contributed by atoms with Gasteiger partial charge >= 0.3 is 0 Å². The maximum Gasteiger partial charge on any atom is 0.272 e. The van der Waals surface area contributed by atoms with Gasteiger partial charge in [-0.05, 0) is 72.2 Å². The molecule has 0 aliphatic rings. The highest BCUT2D eigenvalue weighted by atomic mass is 32.2. The molecule has 42 heavy (non-hydrogen) atoms. The van der Waals surface area contributed by atoms with Crippen molar-refractivity contribution in [2.24, 2.45) is 11.8 Å². The van der Waals surface area contributed by atoms with Crippen LogP contribution in [0.25, 0.3) is 5.69 Å². The van der Waals surface area contributed by atoms with Crippen LogP contribution in [-0.4, -0.2) is 76.4 Å². The molecule has 2 aromatic rings. The van der Waals surface area contributed by atoms with Gasteiger partial charge in [0.05, 0.1) is 29.8 Å². The number of rotatable bonds is 14. The number of sulfone groups is 1. The highest BCUT2D eigenvalue weighted by Crippen LogP contribution is 2.43. The molecule has 0 N–H and O–H groups in total. The Morgan fingerprint density at radius 3 is 1.88 bits per heavy atom. The van der Waals surface area contributed by atoms with E-state index in [9.17, 15) is 8.42 Å². The smallest absolute Gasteiger partial charge is 0.272 e. The van der Waals surface area contributed by atoms with E-state index in [0.717, 1.165) is 0 Å². The average Bonchev–Trinajstić information content (AvgIpc) is 3.39. The Labute approximate surface area is 257 Å². The maximum absolute atomic E-state index is 13.7. The molecule has 12 heteroatoms. The zero-order valence-corrected chi connectivity index (χ0v) is 31.2. The molecule has 0 radical (unpaired) electrons. The summed E-state index contributed by atoms with van der Waals surface area (Å²) in [4.78, 5) is 0. The summed E-state index contributed by atoms with van der Waals surface area (Å²) in [5.74, 6) is -0.182. The molecule has 0 saturated heterocycles. The van der Waals surface area contributed by atoms with Gasteiger partial charge < -0.3 is 13.6 Å². The van der Waals surface area contributed by atoms with Crippen LogP contribution in [0.4, 0.5) is 0 Å². The minimum absolute atomic E-state index is 0.00857. The number of benzene rings is 1. The molecule has 9 nitrogen and oxygen atoms in total. The van der Waals surface area contributed by atoms with Gasteiger partial charge in [-0.3, -0.25) is 0 Å². The van der Waals surface area contributed by atoms with Gasteiger partial charge in [-0.15, -0.1) is 0 Å². The van der Waals surface area contributed by atoms with Crippen molar-refractivity contribution in [3.8, 4) is 5.69 Å². The van der Waals surface area contributed by atoms with E-state index < -0.39 is 26.5 Å². The number of aromatic nitrogens is 4. The first-order valence-corrected chi connectivity index (χ1v) is 22.5. The predicted octanol–water partition coefficient (Wildman–Crippen LogP) is 6.91. The van der Waals surface area contributed by atoms with Gasteiger partial charge in [0.1, 0.15) is 0 Å². The van der Waals surface area contributed by atoms with Gasteiger partial charge in [0.2, 0.25) is 9.84 Å². The van der Waals surface area contributed by atoms with Crippen LogP contribution < -0.4 is 0 Å². The van der Waals surface area contributed by atoms with Crippen molar-refractivity contribution in [3.05, 3.63) is 30.3 Å². The molecule has 0 spiro atoms. The summed E-state index contributed by atoms with van der Waals surface area (Å²) < 4.78 is 48.7. The van der Waals surface area contributed by atoms with Crippen molar-refractivity contribution >= 4 is 26.5 Å². The van der Waals surface area contributed by atoms with Crippen LogP contribution in [0.1, 0.15) is 68.7 Å². The van der Waals surface area contributed by atoms with E-state index in [1.165, 1.54) is 4.68 Å². The fourth-order valence-corrected chi connectivity index (χ4v) is 8.55. The van der Waals surface area contributed by atoms with Crippen molar-refractivity contribution in [1.82, 2.24) is 20.2 Å². The first-order chi connectivity index (χ1) is 19.1. The third kappa shape index (κ3) is 8.81. The summed E-state index contributed by atoms with van der Waals surface area (Å²) in [7, 11) is -6.58. The first kappa shape index (κ1) is 36.7. The highest BCUT2D eigenvalue weighted by molar-refractivity contribution is 7.91. The largest absolute Gasteiger partial charge is 0.414 e. The Kier molecular flexibility index (Phi) is 12.0. The number of nitrogens with zero attached hydrogens (tertiary/aromatic N) is 4. The van der Waals surface area contributed by atoms with Crippen LogP contribution in [0.5, 0.6) is 0 Å². The molecule has 0 fully saturated rings. The molecule has 0 aliphatic carbocycles. The molecule has 0 amide bonds. The Morgan fingerprint density at radius 2 is 1.38 bits per heavy atom. The molecule has 0 unspecified atom stereocenters. The number of methoxy groups -OCH3 is 1. The summed E-state index contributed by atoms with van der Waals surface area (Å²) in [6, 6.07) is 9.07. The molecule has 1 aromatic heterocycles. The first-order valence-electron chi connectivity index (χ1n) is 15.0. The van der Waals surface area contributed by atoms with Crippen molar-refractivity contribution < 1.29 is 22.0 Å². The normalized spacial score (nSPS) is 17.5. The van der Waals surface area contributed by atoms with E-state index in [1.807, 2.05) is 18.2 Å². The van der Waals surface area contributed by atoms with Crippen molar-refractivity contribution in [3.63, 3.8) is 0 Å². The number of hydrogen-bond donors (Lipinski definition) is 0. The summed E-state index contributed by atoms with van der Waals surface area (Å²) in [6.07, 6.45) is -0.297. The molecule has 0 bridgehead atoms. The average molecular weight is 641 g/mol. The third-order valence-corrected chi connectivity index (χ3v) is 20.2. The molecule has 5 atom stereocenters. The van der Waals surface area contributed by atoms with Gasteiger partial charge in [0, 0.05) is 18.9 Å². The number of hydrogen-bond acceptors (Lipinski definition) is 8. The standard InChI is InChI=1S/C30H56N4O5SSi2/c1-22(24(3)37-10)27(39-42(13,14)30(7,8)9)23(2)26(38-41(11,12)29(4,5)6)20-21-40(35,36)28-31-32-33-34(28)25-18-16-15-17-19-25/h15-19,22-24,26-27H,20-21H2,1-14H3/t22-,23-,24+,26+,27+/m1/s1. The quantitative estimate of drug-likeness (QED) is 0.205. The van der Waals surface area contributed by atoms with E-state index in [-0.39, 0.29) is 51.1 Å². The number of para-hydroxylation sites is 1. The zero-order valence-electron chi connectivity index (χ0n) is 28.4. The lowest BCUT2D eigenvalue weighted by molar-refractivity contribution is -0.0410. The third-order valence-electron chi connectivity index (χ3n) is 9.62. The lowest BCUT2D eigenvalue weighted by Gasteiger charge is -2.47. The second-order valence-electron chi connectivity index (χ2n) is 14.7. The van der Waals surface area contributed by atoms with Gasteiger partial charge in [-0.2, -0.15) is 4.68 Å². The zero-order chi connectivity index (χ0) is 32.3. The van der Waals surface area contributed by atoms with Gasteiger partial charge in [0.25, 0.3) is 5.16 Å². The van der Waals surface area contributed by atoms with E-state index in [2.05, 4.69) is 104 Å². The van der Waals surface area contributed by atoms with Crippen LogP contribution in [0.3, 0.4) is 0 Å². The minimum Gasteiger partial charge on any atom is -0.414 e. The minimum atomic E-state index is -3.84. The van der Waals surface area contributed by atoms with Crippen LogP contribution in [0, 0.1) is 11.8 Å². The van der Waals surface area contributed by atoms with Gasteiger partial charge in [-0.25, -0.2) is 8.42 Å².